The van der Waals surface area contributed by atoms with Gasteiger partial charge in [-0.1, -0.05) is 17.7 Å². The molecule has 0 atom stereocenters. The van der Waals surface area contributed by atoms with Gasteiger partial charge in [0.2, 0.25) is 0 Å². The molecule has 0 amide bonds. The molecule has 0 aliphatic rings. The van der Waals surface area contributed by atoms with Gasteiger partial charge in [0, 0.05) is 5.69 Å². The van der Waals surface area contributed by atoms with Crippen molar-refractivity contribution in [2.75, 3.05) is 12.4 Å². The number of thiocarbonyl (C=S) groups is 1. The molecular weight excluding hydrogens is 390 g/mol. The zero-order valence-electron chi connectivity index (χ0n) is 13.6. The van der Waals surface area contributed by atoms with Crippen molar-refractivity contribution >= 4 is 45.2 Å². The number of phenols is 1. The monoisotopic (exact) mass is 407 g/mol. The molecular formula is C17H18BrN3O2S. The highest BCUT2D eigenvalue weighted by Gasteiger charge is 2.07. The molecule has 126 valence electrons. The molecule has 2 aromatic rings. The minimum atomic E-state index is 0.0506. The van der Waals surface area contributed by atoms with Gasteiger partial charge >= 0.3 is 0 Å². The van der Waals surface area contributed by atoms with E-state index in [0.717, 1.165) is 16.8 Å². The number of methoxy groups -OCH3 is 1. The maximum atomic E-state index is 9.78. The summed E-state index contributed by atoms with van der Waals surface area (Å²) in [6, 6.07) is 9.47. The van der Waals surface area contributed by atoms with Gasteiger partial charge < -0.3 is 15.2 Å². The summed E-state index contributed by atoms with van der Waals surface area (Å²) in [5.74, 6) is 0.413. The summed E-state index contributed by atoms with van der Waals surface area (Å²) < 4.78 is 5.62. The van der Waals surface area contributed by atoms with Gasteiger partial charge in [-0.15, -0.1) is 0 Å². The number of anilines is 1. The molecule has 0 heterocycles. The van der Waals surface area contributed by atoms with Crippen LogP contribution in [-0.4, -0.2) is 23.5 Å². The van der Waals surface area contributed by atoms with E-state index in [0.29, 0.717) is 15.3 Å². The second kappa shape index (κ2) is 8.12. The molecule has 7 heteroatoms. The van der Waals surface area contributed by atoms with Crippen LogP contribution >= 0.6 is 28.1 Å². The molecule has 0 spiro atoms. The van der Waals surface area contributed by atoms with Crippen LogP contribution in [0.1, 0.15) is 16.7 Å². The zero-order valence-corrected chi connectivity index (χ0v) is 16.0. The summed E-state index contributed by atoms with van der Waals surface area (Å²) in [5.41, 5.74) is 6.75. The molecule has 2 aromatic carbocycles. The van der Waals surface area contributed by atoms with Crippen LogP contribution in [0.2, 0.25) is 0 Å². The van der Waals surface area contributed by atoms with Gasteiger partial charge in [0.15, 0.2) is 16.6 Å². The van der Waals surface area contributed by atoms with E-state index in [1.54, 1.807) is 18.3 Å². The molecule has 0 aliphatic carbocycles. The highest BCUT2D eigenvalue weighted by Crippen LogP contribution is 2.34. The predicted octanol–water partition coefficient (Wildman–Crippen LogP) is 4.10. The van der Waals surface area contributed by atoms with E-state index in [-0.39, 0.29) is 5.75 Å². The number of nitrogens with one attached hydrogen (secondary N) is 2. The van der Waals surface area contributed by atoms with Crippen LogP contribution in [-0.2, 0) is 0 Å². The summed E-state index contributed by atoms with van der Waals surface area (Å²) in [5, 5.41) is 17.4. The minimum Gasteiger partial charge on any atom is -0.503 e. The van der Waals surface area contributed by atoms with Gasteiger partial charge in [-0.05, 0) is 71.3 Å². The first-order chi connectivity index (χ1) is 11.4. The van der Waals surface area contributed by atoms with Crippen LogP contribution in [0.15, 0.2) is 39.9 Å². The summed E-state index contributed by atoms with van der Waals surface area (Å²) in [7, 11) is 1.49. The first-order valence-corrected chi connectivity index (χ1v) is 8.34. The Hall–Kier alpha value is -2.12. The third-order valence-electron chi connectivity index (χ3n) is 3.28. The van der Waals surface area contributed by atoms with Crippen molar-refractivity contribution in [3.63, 3.8) is 0 Å². The van der Waals surface area contributed by atoms with E-state index in [2.05, 4.69) is 37.8 Å². The fourth-order valence-electron chi connectivity index (χ4n) is 2.09. The van der Waals surface area contributed by atoms with Gasteiger partial charge in [-0.3, -0.25) is 5.43 Å². The number of aromatic hydroxyl groups is 1. The average Bonchev–Trinajstić information content (AvgIpc) is 2.53. The summed E-state index contributed by atoms with van der Waals surface area (Å²) >= 11 is 8.50. The van der Waals surface area contributed by atoms with Crippen LogP contribution in [0.5, 0.6) is 11.5 Å². The van der Waals surface area contributed by atoms with Gasteiger partial charge in [-0.25, -0.2) is 0 Å². The third kappa shape index (κ3) is 4.69. The average molecular weight is 408 g/mol. The number of benzene rings is 2. The van der Waals surface area contributed by atoms with Crippen molar-refractivity contribution in [2.45, 2.75) is 13.8 Å². The second-order valence-electron chi connectivity index (χ2n) is 5.20. The van der Waals surface area contributed by atoms with E-state index in [4.69, 9.17) is 17.0 Å². The largest absolute Gasteiger partial charge is 0.503 e. The van der Waals surface area contributed by atoms with Crippen molar-refractivity contribution in [3.8, 4) is 11.5 Å². The fourth-order valence-corrected chi connectivity index (χ4v) is 2.72. The Labute approximate surface area is 154 Å². The minimum absolute atomic E-state index is 0.0506. The molecule has 0 bridgehead atoms. The van der Waals surface area contributed by atoms with E-state index in [1.807, 2.05) is 26.0 Å². The van der Waals surface area contributed by atoms with E-state index >= 15 is 0 Å². The van der Waals surface area contributed by atoms with Crippen LogP contribution < -0.4 is 15.5 Å². The highest BCUT2D eigenvalue weighted by atomic mass is 79.9. The second-order valence-corrected chi connectivity index (χ2v) is 6.46. The Morgan fingerprint density at radius 1 is 1.29 bits per heavy atom. The topological polar surface area (TPSA) is 65.9 Å². The lowest BCUT2D eigenvalue weighted by molar-refractivity contribution is 0.372. The van der Waals surface area contributed by atoms with Gasteiger partial charge in [0.1, 0.15) is 0 Å². The Balaban J connectivity index is 2.01. The molecule has 0 saturated heterocycles. The normalized spacial score (nSPS) is 10.7. The van der Waals surface area contributed by atoms with Crippen molar-refractivity contribution in [2.24, 2.45) is 5.10 Å². The van der Waals surface area contributed by atoms with Gasteiger partial charge in [0.05, 0.1) is 17.8 Å². The zero-order chi connectivity index (χ0) is 17.7. The van der Waals surface area contributed by atoms with E-state index in [9.17, 15) is 5.11 Å². The van der Waals surface area contributed by atoms with Crippen LogP contribution in [0, 0.1) is 13.8 Å². The standard InChI is InChI=1S/C17H18BrN3O2S/c1-10-4-5-14(11(2)6-10)20-17(24)21-19-9-12-7-13(18)16(22)15(8-12)23-3/h4-9,22H,1-3H3,(H2,20,21,24). The quantitative estimate of drug-likeness (QED) is 0.404. The van der Waals surface area contributed by atoms with Crippen molar-refractivity contribution in [1.82, 2.24) is 5.43 Å². The maximum Gasteiger partial charge on any atom is 0.191 e. The van der Waals surface area contributed by atoms with Crippen LogP contribution in [0.25, 0.3) is 0 Å². The number of rotatable bonds is 4. The molecule has 0 radical (unpaired) electrons. The number of phenolic OH excluding ortho intramolecular Hbond substituents is 1. The molecule has 0 fully saturated rings. The lowest BCUT2D eigenvalue weighted by Crippen LogP contribution is -2.24. The van der Waals surface area contributed by atoms with Gasteiger partial charge in [-0.2, -0.15) is 5.10 Å². The van der Waals surface area contributed by atoms with Crippen LogP contribution in [0.3, 0.4) is 0 Å². The summed E-state index contributed by atoms with van der Waals surface area (Å²) in [6.07, 6.45) is 1.59. The predicted molar refractivity (Wildman–Crippen MR) is 105 cm³/mol. The van der Waals surface area contributed by atoms with Gasteiger partial charge in [0.25, 0.3) is 0 Å². The Morgan fingerprint density at radius 2 is 2.04 bits per heavy atom. The molecule has 24 heavy (non-hydrogen) atoms. The first-order valence-electron chi connectivity index (χ1n) is 7.14. The Bertz CT molecular complexity index is 794. The number of hydrogen-bond donors (Lipinski definition) is 3. The number of hydrogen-bond acceptors (Lipinski definition) is 4. The Kier molecular flexibility index (Phi) is 6.16. The Morgan fingerprint density at radius 3 is 2.71 bits per heavy atom. The van der Waals surface area contributed by atoms with Crippen LogP contribution in [0.4, 0.5) is 5.69 Å². The summed E-state index contributed by atoms with van der Waals surface area (Å²) in [4.78, 5) is 0. The molecule has 0 unspecified atom stereocenters. The summed E-state index contributed by atoms with van der Waals surface area (Å²) in [6.45, 7) is 4.06. The lowest BCUT2D eigenvalue weighted by atomic mass is 10.1. The molecule has 3 N–H and O–H groups in total. The van der Waals surface area contributed by atoms with Crippen molar-refractivity contribution < 1.29 is 9.84 Å². The SMILES string of the molecule is COc1cc(C=NNC(=S)Nc2ccc(C)cc2C)cc(Br)c1O. The molecule has 5 nitrogen and oxygen atoms in total. The van der Waals surface area contributed by atoms with E-state index < -0.39 is 0 Å². The third-order valence-corrected chi connectivity index (χ3v) is 4.08. The number of halogens is 1. The fraction of sp³-hybridized carbons (Fsp3) is 0.176. The first kappa shape index (κ1) is 18.2. The molecule has 0 saturated carbocycles. The number of nitrogens with zero attached hydrogens (tertiary/aromatic N) is 1. The van der Waals surface area contributed by atoms with Crippen molar-refractivity contribution in [3.05, 3.63) is 51.5 Å². The molecule has 0 aromatic heterocycles. The highest BCUT2D eigenvalue weighted by molar-refractivity contribution is 9.10. The lowest BCUT2D eigenvalue weighted by Gasteiger charge is -2.10. The number of hydrazone groups is 1. The van der Waals surface area contributed by atoms with E-state index in [1.165, 1.54) is 12.7 Å². The molecule has 2 rings (SSSR count). The number of aryl methyl sites for hydroxylation is 2. The number of ether oxygens (including phenoxy) is 1. The van der Waals surface area contributed by atoms with Crippen molar-refractivity contribution in [1.29, 1.82) is 0 Å². The molecule has 0 aliphatic heterocycles. The smallest absolute Gasteiger partial charge is 0.191 e. The maximum absolute atomic E-state index is 9.78.